The van der Waals surface area contributed by atoms with Gasteiger partial charge in [0.05, 0.1) is 11.0 Å². The highest BCUT2D eigenvalue weighted by atomic mass is 19.4. The van der Waals surface area contributed by atoms with Crippen molar-refractivity contribution in [3.8, 4) is 11.1 Å². The van der Waals surface area contributed by atoms with Crippen molar-refractivity contribution in [2.45, 2.75) is 63.6 Å². The van der Waals surface area contributed by atoms with Gasteiger partial charge in [0.15, 0.2) is 5.82 Å². The third-order valence-electron chi connectivity index (χ3n) is 9.85. The van der Waals surface area contributed by atoms with Crippen LogP contribution in [-0.4, -0.2) is 78.5 Å². The molecule has 3 aromatic carbocycles. The molecule has 0 radical (unpaired) electrons. The first-order valence-corrected chi connectivity index (χ1v) is 17.9. The molecule has 290 valence electrons. The van der Waals surface area contributed by atoms with Crippen molar-refractivity contribution in [2.75, 3.05) is 39.0 Å². The molecular weight excluding hydrogens is 709 g/mol. The zero-order chi connectivity index (χ0) is 39.2. The minimum absolute atomic E-state index is 0.107. The summed E-state index contributed by atoms with van der Waals surface area (Å²) in [5, 5.41) is 8.52. The standard InChI is InChI=1S/C39H46F5N7O3/c1-23-19-28(34(52)46-17-4-18-51(2)3)13-15-30(23)26-9-5-24(6-10-26)20-33(48-35(53)27-11-7-25(22-45)8-12-27)36(54)47-29-14-16-31-32(21-29)50-37(49-31)38(40,41)39(42,43)44/h5-6,9-10,13-16,19,21,25,27,33H,4,7-8,11-12,17-18,20,22,45H2,1-3H3,(H,46,52)(H,47,54)(H,48,53)(H,49,50)/t25?,27?,33-/m0/s1. The molecule has 1 aliphatic carbocycles. The van der Waals surface area contributed by atoms with Crippen molar-refractivity contribution in [1.82, 2.24) is 25.5 Å². The Morgan fingerprint density at radius 2 is 1.67 bits per heavy atom. The van der Waals surface area contributed by atoms with E-state index in [1.165, 1.54) is 18.2 Å². The molecule has 1 heterocycles. The van der Waals surface area contributed by atoms with Crippen molar-refractivity contribution >= 4 is 34.4 Å². The number of benzene rings is 3. The number of halogens is 5. The topological polar surface area (TPSA) is 145 Å². The fourth-order valence-electron chi connectivity index (χ4n) is 6.64. The van der Waals surface area contributed by atoms with Gasteiger partial charge in [0.25, 0.3) is 5.91 Å². The Kier molecular flexibility index (Phi) is 12.7. The summed E-state index contributed by atoms with van der Waals surface area (Å²) in [6.45, 7) is 3.91. The van der Waals surface area contributed by atoms with Crippen LogP contribution < -0.4 is 21.7 Å². The van der Waals surface area contributed by atoms with Gasteiger partial charge >= 0.3 is 12.1 Å². The number of aromatic amines is 1. The van der Waals surface area contributed by atoms with E-state index in [2.05, 4.69) is 25.8 Å². The summed E-state index contributed by atoms with van der Waals surface area (Å²) in [7, 11) is 3.96. The van der Waals surface area contributed by atoms with Crippen LogP contribution in [0.2, 0.25) is 0 Å². The van der Waals surface area contributed by atoms with Crippen LogP contribution in [0, 0.1) is 18.8 Å². The first kappa shape index (κ1) is 40.3. The molecule has 10 nitrogen and oxygen atoms in total. The van der Waals surface area contributed by atoms with Crippen LogP contribution in [0.5, 0.6) is 0 Å². The number of nitrogens with zero attached hydrogens (tertiary/aromatic N) is 2. The molecule has 15 heteroatoms. The lowest BCUT2D eigenvalue weighted by molar-refractivity contribution is -0.292. The number of hydrogen-bond acceptors (Lipinski definition) is 6. The van der Waals surface area contributed by atoms with Crippen LogP contribution in [0.3, 0.4) is 0 Å². The van der Waals surface area contributed by atoms with Gasteiger partial charge in [0.1, 0.15) is 6.04 Å². The van der Waals surface area contributed by atoms with Crippen LogP contribution in [0.25, 0.3) is 22.2 Å². The van der Waals surface area contributed by atoms with Gasteiger partial charge in [-0.2, -0.15) is 22.0 Å². The number of aryl methyl sites for hydroxylation is 1. The smallest absolute Gasteiger partial charge is 0.352 e. The van der Waals surface area contributed by atoms with Gasteiger partial charge in [-0.3, -0.25) is 14.4 Å². The normalized spacial score (nSPS) is 17.0. The van der Waals surface area contributed by atoms with Crippen LogP contribution in [0.1, 0.15) is 59.4 Å². The SMILES string of the molecule is Cc1cc(C(=O)NCCCN(C)C)ccc1-c1ccc(C[C@H](NC(=O)C2CCC(CN)CC2)C(=O)Nc2ccc3nc(C(F)(F)C(F)(F)F)[nH]c3c2)cc1. The molecule has 4 aromatic rings. The highest BCUT2D eigenvalue weighted by molar-refractivity contribution is 5.99. The predicted molar refractivity (Wildman–Crippen MR) is 197 cm³/mol. The summed E-state index contributed by atoms with van der Waals surface area (Å²) >= 11 is 0. The van der Waals surface area contributed by atoms with Crippen molar-refractivity contribution in [1.29, 1.82) is 0 Å². The fraction of sp³-hybridized carbons (Fsp3) is 0.436. The number of aromatic nitrogens is 2. The Balaban J connectivity index is 1.31. The second-order valence-corrected chi connectivity index (χ2v) is 14.2. The van der Waals surface area contributed by atoms with Crippen molar-refractivity contribution in [3.63, 3.8) is 0 Å². The van der Waals surface area contributed by atoms with E-state index in [1.54, 1.807) is 6.07 Å². The summed E-state index contributed by atoms with van der Waals surface area (Å²) in [5.74, 6) is -7.74. The number of carbonyl (C=O) groups is 3. The van der Waals surface area contributed by atoms with E-state index in [9.17, 15) is 36.3 Å². The number of rotatable bonds is 14. The summed E-state index contributed by atoms with van der Waals surface area (Å²) in [6.07, 6.45) is -2.04. The van der Waals surface area contributed by atoms with Crippen LogP contribution in [0.4, 0.5) is 27.6 Å². The molecular formula is C39H46F5N7O3. The maximum atomic E-state index is 13.9. The number of hydrogen-bond donors (Lipinski definition) is 5. The molecule has 1 saturated carbocycles. The summed E-state index contributed by atoms with van der Waals surface area (Å²) in [6, 6.07) is 15.7. The minimum atomic E-state index is -5.85. The molecule has 0 aliphatic heterocycles. The Bertz CT molecular complexity index is 1940. The van der Waals surface area contributed by atoms with E-state index in [4.69, 9.17) is 5.73 Å². The van der Waals surface area contributed by atoms with Crippen LogP contribution in [0.15, 0.2) is 60.7 Å². The number of nitrogens with one attached hydrogen (secondary N) is 4. The fourth-order valence-corrected chi connectivity index (χ4v) is 6.64. The Labute approximate surface area is 310 Å². The van der Waals surface area contributed by atoms with Gasteiger partial charge in [-0.05, 0) is 125 Å². The Hall–Kier alpha value is -4.89. The molecule has 6 N–H and O–H groups in total. The van der Waals surface area contributed by atoms with E-state index < -0.39 is 29.9 Å². The Morgan fingerprint density at radius 3 is 2.30 bits per heavy atom. The zero-order valence-electron chi connectivity index (χ0n) is 30.5. The van der Waals surface area contributed by atoms with Crippen molar-refractivity contribution in [3.05, 3.63) is 83.2 Å². The average Bonchev–Trinajstić information content (AvgIpc) is 3.57. The molecule has 0 unspecified atom stereocenters. The number of nitrogens with two attached hydrogens (primary N) is 1. The second-order valence-electron chi connectivity index (χ2n) is 14.2. The van der Waals surface area contributed by atoms with Gasteiger partial charge in [-0.1, -0.05) is 30.3 Å². The zero-order valence-corrected chi connectivity index (χ0v) is 30.5. The van der Waals surface area contributed by atoms with E-state index >= 15 is 0 Å². The third-order valence-corrected chi connectivity index (χ3v) is 9.85. The molecule has 1 atom stereocenters. The maximum Gasteiger partial charge on any atom is 0.461 e. The number of alkyl halides is 5. The van der Waals surface area contributed by atoms with Gasteiger partial charge < -0.3 is 31.6 Å². The molecule has 54 heavy (non-hydrogen) atoms. The summed E-state index contributed by atoms with van der Waals surface area (Å²) in [4.78, 5) is 47.3. The molecule has 1 aromatic heterocycles. The highest BCUT2D eigenvalue weighted by Gasteiger charge is 2.61. The lowest BCUT2D eigenvalue weighted by atomic mass is 9.81. The lowest BCUT2D eigenvalue weighted by Gasteiger charge is -2.28. The van der Waals surface area contributed by atoms with Gasteiger partial charge in [-0.15, -0.1) is 0 Å². The van der Waals surface area contributed by atoms with Crippen molar-refractivity contribution < 1.29 is 36.3 Å². The van der Waals surface area contributed by atoms with E-state index in [0.29, 0.717) is 37.4 Å². The number of fused-ring (bicyclic) bond motifs is 1. The van der Waals surface area contributed by atoms with Crippen LogP contribution >= 0.6 is 0 Å². The first-order valence-electron chi connectivity index (χ1n) is 17.9. The monoisotopic (exact) mass is 755 g/mol. The average molecular weight is 756 g/mol. The largest absolute Gasteiger partial charge is 0.461 e. The first-order chi connectivity index (χ1) is 25.5. The van der Waals surface area contributed by atoms with Gasteiger partial charge in [0.2, 0.25) is 11.8 Å². The predicted octanol–water partition coefficient (Wildman–Crippen LogP) is 6.31. The Morgan fingerprint density at radius 1 is 0.963 bits per heavy atom. The van der Waals surface area contributed by atoms with E-state index in [0.717, 1.165) is 48.1 Å². The number of anilines is 1. The number of amides is 3. The van der Waals surface area contributed by atoms with Crippen LogP contribution in [-0.2, 0) is 21.9 Å². The molecule has 0 saturated heterocycles. The lowest BCUT2D eigenvalue weighted by Crippen LogP contribution is -2.48. The molecule has 3 amide bonds. The maximum absolute atomic E-state index is 13.9. The molecule has 0 spiro atoms. The molecule has 5 rings (SSSR count). The van der Waals surface area contributed by atoms with Crippen molar-refractivity contribution in [2.24, 2.45) is 17.6 Å². The van der Waals surface area contributed by atoms with E-state index in [-0.39, 0.29) is 40.9 Å². The molecule has 0 bridgehead atoms. The quantitative estimate of drug-likeness (QED) is 0.0755. The third kappa shape index (κ3) is 9.80. The highest BCUT2D eigenvalue weighted by Crippen LogP contribution is 2.43. The molecule has 1 fully saturated rings. The minimum Gasteiger partial charge on any atom is -0.352 e. The van der Waals surface area contributed by atoms with Gasteiger partial charge in [-0.25, -0.2) is 4.98 Å². The van der Waals surface area contributed by atoms with E-state index in [1.807, 2.05) is 62.4 Å². The number of H-pyrrole nitrogens is 1. The number of carbonyl (C=O) groups excluding carboxylic acids is 3. The number of imidazole rings is 1. The second kappa shape index (κ2) is 17.1. The van der Waals surface area contributed by atoms with Gasteiger partial charge in [0, 0.05) is 30.1 Å². The molecule has 1 aliphatic rings. The summed E-state index contributed by atoms with van der Waals surface area (Å²) < 4.78 is 66.7. The summed E-state index contributed by atoms with van der Waals surface area (Å²) in [5.41, 5.74) is 9.66.